The minimum Gasteiger partial charge on any atom is -0.478 e. The summed E-state index contributed by atoms with van der Waals surface area (Å²) in [7, 11) is 0. The number of carboxylic acids is 1. The normalized spacial score (nSPS) is 13.0. The number of rotatable bonds is 9. The van der Waals surface area contributed by atoms with Crippen LogP contribution in [0.1, 0.15) is 92.1 Å². The molecule has 0 saturated carbocycles. The van der Waals surface area contributed by atoms with Crippen LogP contribution in [0.2, 0.25) is 0 Å². The van der Waals surface area contributed by atoms with E-state index in [1.54, 1.807) is 18.2 Å². The van der Waals surface area contributed by atoms with Crippen LogP contribution in [0.15, 0.2) is 60.7 Å². The van der Waals surface area contributed by atoms with E-state index >= 15 is 0 Å². The van der Waals surface area contributed by atoms with Gasteiger partial charge in [-0.3, -0.25) is 0 Å². The topological polar surface area (TPSA) is 57.5 Å². The molecule has 3 nitrogen and oxygen atoms in total. The maximum atomic E-state index is 11.4. The molecule has 1 unspecified atom stereocenters. The Kier molecular flexibility index (Phi) is 8.46. The molecule has 2 N–H and O–H groups in total. The molecule has 3 aromatic rings. The van der Waals surface area contributed by atoms with Crippen LogP contribution in [0, 0.1) is 19.3 Å². The Balaban J connectivity index is 1.95. The number of aromatic carboxylic acids is 1. The molecular formula is C33H42O3. The van der Waals surface area contributed by atoms with Crippen LogP contribution in [0.4, 0.5) is 0 Å². The molecule has 0 saturated heterocycles. The molecule has 0 amide bonds. The van der Waals surface area contributed by atoms with E-state index in [2.05, 4.69) is 84.9 Å². The number of aliphatic hydroxyl groups excluding tert-OH is 1. The number of benzene rings is 3. The second-order valence-corrected chi connectivity index (χ2v) is 11.3. The maximum Gasteiger partial charge on any atom is 0.335 e. The zero-order chi connectivity index (χ0) is 26.7. The fourth-order valence-electron chi connectivity index (χ4n) is 5.34. The van der Waals surface area contributed by atoms with Gasteiger partial charge in [-0.2, -0.15) is 0 Å². The van der Waals surface area contributed by atoms with Gasteiger partial charge in [0.05, 0.1) is 11.7 Å². The van der Waals surface area contributed by atoms with E-state index in [1.807, 2.05) is 6.07 Å². The quantitative estimate of drug-likeness (QED) is 0.321. The first kappa shape index (κ1) is 27.7. The molecule has 3 aromatic carbocycles. The Labute approximate surface area is 217 Å². The van der Waals surface area contributed by atoms with Crippen LogP contribution in [-0.2, 0) is 11.8 Å². The highest BCUT2D eigenvalue weighted by Crippen LogP contribution is 2.41. The third kappa shape index (κ3) is 5.73. The number of carboxylic acid groups (broad SMARTS) is 1. The van der Waals surface area contributed by atoms with E-state index in [4.69, 9.17) is 0 Å². The Bertz CT molecular complexity index is 1210. The summed E-state index contributed by atoms with van der Waals surface area (Å²) < 4.78 is 0. The summed E-state index contributed by atoms with van der Waals surface area (Å²) in [6.45, 7) is 15.1. The van der Waals surface area contributed by atoms with Crippen molar-refractivity contribution in [1.29, 1.82) is 0 Å². The number of carbonyl (C=O) groups is 1. The average molecular weight is 487 g/mol. The average Bonchev–Trinajstić information content (AvgIpc) is 2.84. The fraction of sp³-hybridized carbons (Fsp3) is 0.424. The molecule has 0 spiro atoms. The van der Waals surface area contributed by atoms with Crippen LogP contribution >= 0.6 is 0 Å². The molecule has 0 bridgehead atoms. The molecule has 0 fully saturated rings. The summed E-state index contributed by atoms with van der Waals surface area (Å²) in [5.74, 6) is -0.908. The number of hydrogen-bond donors (Lipinski definition) is 2. The summed E-state index contributed by atoms with van der Waals surface area (Å²) in [5, 5.41) is 19.9. The first-order valence-corrected chi connectivity index (χ1v) is 13.2. The van der Waals surface area contributed by atoms with Gasteiger partial charge >= 0.3 is 5.97 Å². The van der Waals surface area contributed by atoms with E-state index < -0.39 is 5.97 Å². The summed E-state index contributed by atoms with van der Waals surface area (Å²) in [5.41, 5.74) is 8.42. The molecule has 0 heterocycles. The van der Waals surface area contributed by atoms with Gasteiger partial charge in [-0.1, -0.05) is 83.1 Å². The molecule has 0 aromatic heterocycles. The van der Waals surface area contributed by atoms with E-state index in [0.717, 1.165) is 42.4 Å². The lowest BCUT2D eigenvalue weighted by Crippen LogP contribution is -2.27. The van der Waals surface area contributed by atoms with Crippen molar-refractivity contribution >= 4 is 5.97 Å². The van der Waals surface area contributed by atoms with Crippen LogP contribution in [0.5, 0.6) is 0 Å². The smallest absolute Gasteiger partial charge is 0.335 e. The van der Waals surface area contributed by atoms with Crippen molar-refractivity contribution in [2.75, 3.05) is 0 Å². The first-order chi connectivity index (χ1) is 16.9. The van der Waals surface area contributed by atoms with Crippen LogP contribution in [0.3, 0.4) is 0 Å². The molecule has 0 aliphatic carbocycles. The van der Waals surface area contributed by atoms with E-state index in [0.29, 0.717) is 5.56 Å². The van der Waals surface area contributed by atoms with E-state index in [9.17, 15) is 15.0 Å². The summed E-state index contributed by atoms with van der Waals surface area (Å²) >= 11 is 0. The monoisotopic (exact) mass is 486 g/mol. The third-order valence-electron chi connectivity index (χ3n) is 7.99. The molecule has 1 atom stereocenters. The molecular weight excluding hydrogens is 444 g/mol. The molecule has 3 heteroatoms. The Morgan fingerprint density at radius 2 is 1.47 bits per heavy atom. The van der Waals surface area contributed by atoms with Crippen molar-refractivity contribution in [3.63, 3.8) is 0 Å². The molecule has 192 valence electrons. The Morgan fingerprint density at radius 1 is 0.861 bits per heavy atom. The molecule has 0 aliphatic rings. The van der Waals surface area contributed by atoms with Gasteiger partial charge in [0.2, 0.25) is 0 Å². The summed E-state index contributed by atoms with van der Waals surface area (Å²) in [4.78, 5) is 11.4. The molecule has 0 radical (unpaired) electrons. The zero-order valence-electron chi connectivity index (χ0n) is 23.0. The molecule has 0 aliphatic heterocycles. The van der Waals surface area contributed by atoms with Gasteiger partial charge in [-0.05, 0) is 96.0 Å². The van der Waals surface area contributed by atoms with Gasteiger partial charge in [-0.15, -0.1) is 0 Å². The van der Waals surface area contributed by atoms with Crippen LogP contribution < -0.4 is 0 Å². The van der Waals surface area contributed by atoms with Crippen molar-refractivity contribution in [1.82, 2.24) is 0 Å². The Morgan fingerprint density at radius 3 is 2.00 bits per heavy atom. The van der Waals surface area contributed by atoms with Crippen molar-refractivity contribution < 1.29 is 15.0 Å². The lowest BCUT2D eigenvalue weighted by Gasteiger charge is -2.34. The van der Waals surface area contributed by atoms with Gasteiger partial charge < -0.3 is 10.2 Å². The van der Waals surface area contributed by atoms with Gasteiger partial charge in [0.1, 0.15) is 0 Å². The predicted molar refractivity (Wildman–Crippen MR) is 150 cm³/mol. The largest absolute Gasteiger partial charge is 0.478 e. The minimum absolute atomic E-state index is 0.0968. The van der Waals surface area contributed by atoms with Gasteiger partial charge in [-0.25, -0.2) is 4.79 Å². The first-order valence-electron chi connectivity index (χ1n) is 13.2. The van der Waals surface area contributed by atoms with E-state index in [1.165, 1.54) is 22.3 Å². The Hall–Kier alpha value is -2.91. The lowest BCUT2D eigenvalue weighted by atomic mass is 9.69. The molecule has 36 heavy (non-hydrogen) atoms. The highest BCUT2D eigenvalue weighted by Gasteiger charge is 2.31. The SMILES string of the molecule is CCC(CC)(c1ccc(CCC(O)C(C)(C)C)c(C)c1)c1ccc(-c2cccc(C(=O)O)c2)c(C)c1. The van der Waals surface area contributed by atoms with Crippen LogP contribution in [0.25, 0.3) is 11.1 Å². The third-order valence-corrected chi connectivity index (χ3v) is 7.99. The lowest BCUT2D eigenvalue weighted by molar-refractivity contribution is 0.0559. The highest BCUT2D eigenvalue weighted by molar-refractivity contribution is 5.89. The number of hydrogen-bond acceptors (Lipinski definition) is 2. The maximum absolute atomic E-state index is 11.4. The number of aliphatic hydroxyl groups is 1. The molecule has 3 rings (SSSR count). The van der Waals surface area contributed by atoms with Crippen molar-refractivity contribution in [3.8, 4) is 11.1 Å². The standard InChI is InChI=1S/C33H42O3/c1-8-33(9-2,27-15-13-24(22(3)19-27)14-18-30(34)32(5,6)7)28-16-17-29(23(4)20-28)25-11-10-12-26(21-25)31(35)36/h10-13,15-17,19-21,30,34H,8-9,14,18H2,1-7H3,(H,35,36). The van der Waals surface area contributed by atoms with E-state index in [-0.39, 0.29) is 16.9 Å². The minimum atomic E-state index is -0.908. The van der Waals surface area contributed by atoms with Crippen molar-refractivity contribution in [2.24, 2.45) is 5.41 Å². The second-order valence-electron chi connectivity index (χ2n) is 11.3. The van der Waals surface area contributed by atoms with Gasteiger partial charge in [0.15, 0.2) is 0 Å². The summed E-state index contributed by atoms with van der Waals surface area (Å²) in [6.07, 6.45) is 3.29. The summed E-state index contributed by atoms with van der Waals surface area (Å²) in [6, 6.07) is 20.6. The second kappa shape index (κ2) is 11.0. The zero-order valence-corrected chi connectivity index (χ0v) is 23.0. The number of aryl methyl sites for hydroxylation is 3. The fourth-order valence-corrected chi connectivity index (χ4v) is 5.34. The van der Waals surface area contributed by atoms with Crippen molar-refractivity contribution in [2.45, 2.75) is 85.7 Å². The van der Waals surface area contributed by atoms with Gasteiger partial charge in [0.25, 0.3) is 0 Å². The van der Waals surface area contributed by atoms with Gasteiger partial charge in [0, 0.05) is 5.41 Å². The van der Waals surface area contributed by atoms with Crippen LogP contribution in [-0.4, -0.2) is 22.3 Å². The predicted octanol–water partition coefficient (Wildman–Crippen LogP) is 8.11. The highest BCUT2D eigenvalue weighted by atomic mass is 16.4. The van der Waals surface area contributed by atoms with Crippen molar-refractivity contribution in [3.05, 3.63) is 94.0 Å².